The van der Waals surface area contributed by atoms with E-state index in [-0.39, 0.29) is 0 Å². The standard InChI is InChI=1S/C25H29BN6O2/c1-16-11-20-18(13-27)6-4-8-23(20)32(16)25-29-22-9-10-31(2)15-21(22)24(30-25)28-14-17-5-3-7-19(12-17)26(33)34/h3-8,11-12,33-34H,9-10,13-15,27H2,1-2H3,(H,28,29,30). The first-order valence-electron chi connectivity index (χ1n) is 11.5. The summed E-state index contributed by atoms with van der Waals surface area (Å²) in [7, 11) is 0.612. The molecule has 0 aliphatic carbocycles. The Balaban J connectivity index is 1.57. The van der Waals surface area contributed by atoms with Crippen molar-refractivity contribution in [2.75, 3.05) is 18.9 Å². The minimum atomic E-state index is -1.49. The molecule has 8 nitrogen and oxygen atoms in total. The number of hydrogen-bond donors (Lipinski definition) is 4. The summed E-state index contributed by atoms with van der Waals surface area (Å²) in [4.78, 5) is 12.3. The Kier molecular flexibility index (Phi) is 6.10. The van der Waals surface area contributed by atoms with Gasteiger partial charge in [-0.15, -0.1) is 0 Å². The lowest BCUT2D eigenvalue weighted by Gasteiger charge is -2.27. The number of anilines is 1. The molecule has 0 saturated carbocycles. The molecule has 0 radical (unpaired) electrons. The molecule has 2 aromatic heterocycles. The van der Waals surface area contributed by atoms with E-state index in [1.165, 1.54) is 0 Å². The van der Waals surface area contributed by atoms with E-state index in [2.05, 4.69) is 47.0 Å². The van der Waals surface area contributed by atoms with E-state index < -0.39 is 7.12 Å². The zero-order valence-electron chi connectivity index (χ0n) is 19.5. The number of likely N-dealkylation sites (N-methyl/N-ethyl adjacent to an activating group) is 1. The van der Waals surface area contributed by atoms with Crippen molar-refractivity contribution >= 4 is 29.3 Å². The lowest BCUT2D eigenvalue weighted by molar-refractivity contribution is 0.309. The van der Waals surface area contributed by atoms with E-state index in [0.29, 0.717) is 24.5 Å². The summed E-state index contributed by atoms with van der Waals surface area (Å²) in [5.74, 6) is 1.45. The van der Waals surface area contributed by atoms with E-state index in [9.17, 15) is 10.0 Å². The van der Waals surface area contributed by atoms with Gasteiger partial charge >= 0.3 is 7.12 Å². The van der Waals surface area contributed by atoms with Crippen molar-refractivity contribution in [3.63, 3.8) is 0 Å². The van der Waals surface area contributed by atoms with Gasteiger partial charge in [-0.05, 0) is 42.7 Å². The van der Waals surface area contributed by atoms with Crippen molar-refractivity contribution in [1.29, 1.82) is 0 Å². The highest BCUT2D eigenvalue weighted by Gasteiger charge is 2.22. The summed E-state index contributed by atoms with van der Waals surface area (Å²) in [6, 6.07) is 15.6. The fraction of sp³-hybridized carbons (Fsp3) is 0.280. The Morgan fingerprint density at radius 1 is 1.12 bits per heavy atom. The van der Waals surface area contributed by atoms with Gasteiger partial charge < -0.3 is 26.0 Å². The second-order valence-corrected chi connectivity index (χ2v) is 8.93. The SMILES string of the molecule is Cc1cc2c(CN)cccc2n1-c1nc2c(c(NCc3cccc(B(O)O)c3)n1)CN(C)CC2. The van der Waals surface area contributed by atoms with E-state index in [4.69, 9.17) is 15.7 Å². The van der Waals surface area contributed by atoms with Gasteiger partial charge in [0.05, 0.1) is 11.2 Å². The molecule has 0 bridgehead atoms. The lowest BCUT2D eigenvalue weighted by Crippen LogP contribution is -2.30. The third-order valence-electron chi connectivity index (χ3n) is 6.49. The number of aryl methyl sites for hydroxylation is 1. The van der Waals surface area contributed by atoms with Gasteiger partial charge in [-0.25, -0.2) is 4.98 Å². The van der Waals surface area contributed by atoms with Crippen LogP contribution in [0.2, 0.25) is 0 Å². The first-order chi connectivity index (χ1) is 16.4. The molecule has 1 aliphatic heterocycles. The lowest BCUT2D eigenvalue weighted by atomic mass is 9.79. The third kappa shape index (κ3) is 4.19. The van der Waals surface area contributed by atoms with Gasteiger partial charge in [0.15, 0.2) is 0 Å². The molecule has 0 spiro atoms. The number of nitrogens with zero attached hydrogens (tertiary/aromatic N) is 4. The number of aromatic nitrogens is 3. The van der Waals surface area contributed by atoms with Crippen LogP contribution in [-0.4, -0.2) is 50.2 Å². The summed E-state index contributed by atoms with van der Waals surface area (Å²) in [6.45, 7) is 4.77. The number of nitrogens with one attached hydrogen (secondary N) is 1. The molecule has 0 unspecified atom stereocenters. The highest BCUT2D eigenvalue weighted by atomic mass is 16.4. The van der Waals surface area contributed by atoms with Crippen molar-refractivity contribution in [1.82, 2.24) is 19.4 Å². The maximum Gasteiger partial charge on any atom is 0.488 e. The summed E-state index contributed by atoms with van der Waals surface area (Å²) >= 11 is 0. The molecule has 3 heterocycles. The largest absolute Gasteiger partial charge is 0.488 e. The Morgan fingerprint density at radius 2 is 1.94 bits per heavy atom. The van der Waals surface area contributed by atoms with Crippen molar-refractivity contribution in [3.8, 4) is 5.95 Å². The predicted octanol–water partition coefficient (Wildman–Crippen LogP) is 1.47. The minimum Gasteiger partial charge on any atom is -0.423 e. The first-order valence-corrected chi connectivity index (χ1v) is 11.5. The normalized spacial score (nSPS) is 13.8. The van der Waals surface area contributed by atoms with E-state index in [1.54, 1.807) is 12.1 Å². The summed E-state index contributed by atoms with van der Waals surface area (Å²) in [5, 5.41) is 23.6. The summed E-state index contributed by atoms with van der Waals surface area (Å²) in [5.41, 5.74) is 12.8. The molecule has 34 heavy (non-hydrogen) atoms. The fourth-order valence-corrected chi connectivity index (χ4v) is 4.70. The summed E-state index contributed by atoms with van der Waals surface area (Å²) < 4.78 is 2.10. The molecule has 0 amide bonds. The molecule has 174 valence electrons. The van der Waals surface area contributed by atoms with Crippen LogP contribution >= 0.6 is 0 Å². The molecule has 1 aliphatic rings. The number of benzene rings is 2. The molecule has 0 atom stereocenters. The van der Waals surface area contributed by atoms with Gasteiger partial charge in [0, 0.05) is 49.2 Å². The molecule has 4 aromatic rings. The average molecular weight is 456 g/mol. The zero-order valence-corrected chi connectivity index (χ0v) is 19.5. The Morgan fingerprint density at radius 3 is 2.74 bits per heavy atom. The van der Waals surface area contributed by atoms with Gasteiger partial charge in [-0.2, -0.15) is 4.98 Å². The molecule has 0 saturated heterocycles. The quantitative estimate of drug-likeness (QED) is 0.325. The first kappa shape index (κ1) is 22.6. The fourth-order valence-electron chi connectivity index (χ4n) is 4.70. The van der Waals surface area contributed by atoms with Gasteiger partial charge in [0.2, 0.25) is 5.95 Å². The van der Waals surface area contributed by atoms with Crippen LogP contribution in [0.1, 0.15) is 28.1 Å². The van der Waals surface area contributed by atoms with Crippen molar-refractivity contribution < 1.29 is 10.0 Å². The Bertz CT molecular complexity index is 1350. The molecule has 5 rings (SSSR count). The van der Waals surface area contributed by atoms with Crippen LogP contribution in [-0.2, 0) is 26.1 Å². The predicted molar refractivity (Wildman–Crippen MR) is 135 cm³/mol. The maximum absolute atomic E-state index is 9.51. The third-order valence-corrected chi connectivity index (χ3v) is 6.49. The van der Waals surface area contributed by atoms with Gasteiger partial charge in [0.25, 0.3) is 0 Å². The molecule has 9 heteroatoms. The smallest absolute Gasteiger partial charge is 0.423 e. The minimum absolute atomic E-state index is 0.467. The van der Waals surface area contributed by atoms with Crippen LogP contribution in [0, 0.1) is 6.92 Å². The van der Waals surface area contributed by atoms with Gasteiger partial charge in [0.1, 0.15) is 5.82 Å². The van der Waals surface area contributed by atoms with Gasteiger partial charge in [-0.1, -0.05) is 36.4 Å². The van der Waals surface area contributed by atoms with Crippen LogP contribution in [0.25, 0.3) is 16.9 Å². The van der Waals surface area contributed by atoms with E-state index >= 15 is 0 Å². The molecule has 0 fully saturated rings. The van der Waals surface area contributed by atoms with Gasteiger partial charge in [-0.3, -0.25) is 4.57 Å². The number of fused-ring (bicyclic) bond motifs is 2. The van der Waals surface area contributed by atoms with E-state index in [1.807, 2.05) is 18.2 Å². The second kappa shape index (κ2) is 9.19. The van der Waals surface area contributed by atoms with E-state index in [0.717, 1.165) is 64.3 Å². The van der Waals surface area contributed by atoms with Crippen LogP contribution in [0.3, 0.4) is 0 Å². The molecular formula is C25H29BN6O2. The highest BCUT2D eigenvalue weighted by Crippen LogP contribution is 2.29. The monoisotopic (exact) mass is 456 g/mol. The van der Waals surface area contributed by atoms with Crippen molar-refractivity contribution in [2.24, 2.45) is 5.73 Å². The van der Waals surface area contributed by atoms with Crippen molar-refractivity contribution in [2.45, 2.75) is 33.0 Å². The van der Waals surface area contributed by atoms with Crippen LogP contribution in [0.4, 0.5) is 5.82 Å². The zero-order chi connectivity index (χ0) is 23.8. The number of rotatable bonds is 6. The highest BCUT2D eigenvalue weighted by molar-refractivity contribution is 6.58. The van der Waals surface area contributed by atoms with Crippen LogP contribution in [0.15, 0.2) is 48.5 Å². The molecular weight excluding hydrogens is 427 g/mol. The average Bonchev–Trinajstić information content (AvgIpc) is 3.18. The summed E-state index contributed by atoms with van der Waals surface area (Å²) in [6.07, 6.45) is 0.856. The van der Waals surface area contributed by atoms with Crippen LogP contribution < -0.4 is 16.5 Å². The van der Waals surface area contributed by atoms with Crippen molar-refractivity contribution in [3.05, 3.63) is 76.6 Å². The maximum atomic E-state index is 9.51. The Labute approximate surface area is 199 Å². The molecule has 5 N–H and O–H groups in total. The topological polar surface area (TPSA) is 112 Å². The van der Waals surface area contributed by atoms with Crippen LogP contribution in [0.5, 0.6) is 0 Å². The Hall–Kier alpha value is -3.24. The second-order valence-electron chi connectivity index (χ2n) is 8.93. The molecule has 2 aromatic carbocycles. The number of nitrogens with two attached hydrogens (primary N) is 1. The number of hydrogen-bond acceptors (Lipinski definition) is 7.